The molecule has 4 rings (SSSR count). The van der Waals surface area contributed by atoms with Crippen molar-refractivity contribution >= 4 is 23.0 Å². The molecule has 0 N–H and O–H groups in total. The Hall–Kier alpha value is -2.89. The molecule has 0 bridgehead atoms. The molecule has 1 aromatic carbocycles. The van der Waals surface area contributed by atoms with Crippen molar-refractivity contribution in [1.82, 2.24) is 4.98 Å². The van der Waals surface area contributed by atoms with E-state index >= 15 is 0 Å². The average Bonchev–Trinajstić information content (AvgIpc) is 2.78. The predicted octanol–water partition coefficient (Wildman–Crippen LogP) is 2.84. The van der Waals surface area contributed by atoms with Crippen LogP contribution in [0.25, 0.3) is 0 Å². The van der Waals surface area contributed by atoms with E-state index in [2.05, 4.69) is 15.0 Å². The molecule has 1 unspecified atom stereocenters. The molecule has 0 saturated carbocycles. The molecule has 2 aromatic rings. The van der Waals surface area contributed by atoms with Crippen LogP contribution in [0.3, 0.4) is 0 Å². The highest BCUT2D eigenvalue weighted by atomic mass is 19.1. The van der Waals surface area contributed by atoms with Gasteiger partial charge in [-0.05, 0) is 43.3 Å². The summed E-state index contributed by atoms with van der Waals surface area (Å²) in [5, 5.41) is 0. The van der Waals surface area contributed by atoms with Gasteiger partial charge in [-0.15, -0.1) is 0 Å². The normalized spacial score (nSPS) is 23.0. The van der Waals surface area contributed by atoms with E-state index in [1.165, 1.54) is 12.1 Å². The molecular formula is C19H17FN4O. The lowest BCUT2D eigenvalue weighted by Gasteiger charge is -2.27. The van der Waals surface area contributed by atoms with Gasteiger partial charge in [-0.25, -0.2) is 4.39 Å². The van der Waals surface area contributed by atoms with Gasteiger partial charge in [-0.2, -0.15) is 0 Å². The van der Waals surface area contributed by atoms with E-state index in [1.807, 2.05) is 25.1 Å². The predicted molar refractivity (Wildman–Crippen MR) is 94.6 cm³/mol. The second kappa shape index (κ2) is 6.20. The summed E-state index contributed by atoms with van der Waals surface area (Å²) in [4.78, 5) is 28.3. The van der Waals surface area contributed by atoms with Gasteiger partial charge in [0.1, 0.15) is 11.5 Å². The maximum Gasteiger partial charge on any atom is 0.273 e. The van der Waals surface area contributed by atoms with E-state index in [1.54, 1.807) is 23.2 Å². The summed E-state index contributed by atoms with van der Waals surface area (Å²) in [6, 6.07) is 11.2. The molecule has 0 spiro atoms. The van der Waals surface area contributed by atoms with Gasteiger partial charge in [0, 0.05) is 17.6 Å². The highest BCUT2D eigenvalue weighted by Crippen LogP contribution is 2.40. The summed E-state index contributed by atoms with van der Waals surface area (Å²) in [6.45, 7) is 3.02. The lowest BCUT2D eigenvalue weighted by Crippen LogP contribution is -2.31. The zero-order valence-electron chi connectivity index (χ0n) is 13.8. The zero-order chi connectivity index (χ0) is 17.4. The third-order valence-electron chi connectivity index (χ3n) is 4.62. The lowest BCUT2D eigenvalue weighted by molar-refractivity contribution is -0.112. The van der Waals surface area contributed by atoms with Crippen LogP contribution in [0.15, 0.2) is 58.6 Å². The molecule has 2 atom stereocenters. The number of pyridine rings is 1. The summed E-state index contributed by atoms with van der Waals surface area (Å²) in [5.41, 5.74) is 2.79. The zero-order valence-corrected chi connectivity index (χ0v) is 13.8. The molecule has 2 aliphatic heterocycles. The number of halogens is 1. The van der Waals surface area contributed by atoms with Crippen LogP contribution in [-0.2, 0) is 4.79 Å². The van der Waals surface area contributed by atoms with Gasteiger partial charge in [0.25, 0.3) is 5.91 Å². The number of nitrogens with zero attached hydrogens (tertiary/aromatic N) is 4. The number of rotatable bonds is 2. The number of anilines is 1. The number of carbonyl (C=O) groups excluding carboxylic acids is 1. The first-order valence-electron chi connectivity index (χ1n) is 8.22. The van der Waals surface area contributed by atoms with E-state index in [9.17, 15) is 9.18 Å². The molecule has 6 heteroatoms. The van der Waals surface area contributed by atoms with Crippen LogP contribution in [0.4, 0.5) is 10.1 Å². The smallest absolute Gasteiger partial charge is 0.273 e. The summed E-state index contributed by atoms with van der Waals surface area (Å²) >= 11 is 0. The van der Waals surface area contributed by atoms with Gasteiger partial charge in [0.2, 0.25) is 0 Å². The summed E-state index contributed by atoms with van der Waals surface area (Å²) < 4.78 is 13.3. The quantitative estimate of drug-likeness (QED) is 0.847. The molecule has 1 saturated heterocycles. The van der Waals surface area contributed by atoms with Crippen molar-refractivity contribution in [2.24, 2.45) is 15.9 Å². The van der Waals surface area contributed by atoms with Crippen molar-refractivity contribution < 1.29 is 9.18 Å². The fraction of sp³-hybridized carbons (Fsp3) is 0.263. The molecule has 1 aromatic heterocycles. The Balaban J connectivity index is 1.89. The van der Waals surface area contributed by atoms with E-state index in [4.69, 9.17) is 0 Å². The largest absolute Gasteiger partial charge is 0.297 e. The summed E-state index contributed by atoms with van der Waals surface area (Å²) in [6.07, 6.45) is 1.71. The van der Waals surface area contributed by atoms with E-state index in [0.717, 1.165) is 11.4 Å². The maximum absolute atomic E-state index is 13.3. The van der Waals surface area contributed by atoms with Crippen LogP contribution in [-0.4, -0.2) is 35.4 Å². The molecule has 126 valence electrons. The molecule has 0 radical (unpaired) electrons. The van der Waals surface area contributed by atoms with Crippen LogP contribution in [0.5, 0.6) is 0 Å². The first-order valence-corrected chi connectivity index (χ1v) is 8.22. The minimum Gasteiger partial charge on any atom is -0.297 e. The van der Waals surface area contributed by atoms with Crippen LogP contribution in [0.1, 0.15) is 18.7 Å². The molecule has 1 amide bonds. The Morgan fingerprint density at radius 2 is 1.84 bits per heavy atom. The van der Waals surface area contributed by atoms with Crippen molar-refractivity contribution in [3.63, 3.8) is 0 Å². The van der Waals surface area contributed by atoms with E-state index in [0.29, 0.717) is 24.5 Å². The highest BCUT2D eigenvalue weighted by molar-refractivity contribution is 6.50. The maximum atomic E-state index is 13.3. The van der Waals surface area contributed by atoms with Gasteiger partial charge in [0.05, 0.1) is 30.7 Å². The minimum atomic E-state index is -0.339. The fourth-order valence-electron chi connectivity index (χ4n) is 3.50. The van der Waals surface area contributed by atoms with Crippen molar-refractivity contribution in [2.75, 3.05) is 18.0 Å². The third kappa shape index (κ3) is 2.63. The molecular weight excluding hydrogens is 319 g/mol. The monoisotopic (exact) mass is 336 g/mol. The van der Waals surface area contributed by atoms with Gasteiger partial charge in [-0.3, -0.25) is 24.7 Å². The Morgan fingerprint density at radius 1 is 1.08 bits per heavy atom. The first kappa shape index (κ1) is 15.6. The number of aromatic nitrogens is 1. The summed E-state index contributed by atoms with van der Waals surface area (Å²) in [7, 11) is 0. The summed E-state index contributed by atoms with van der Waals surface area (Å²) in [5.74, 6) is -0.743. The second-order valence-corrected chi connectivity index (χ2v) is 6.12. The Bertz CT molecular complexity index is 861. The average molecular weight is 336 g/mol. The standard InChI is InChI=1S/C19H17FN4O/c1-12-16-17(23-11-10-21-12)19(25)24(14-7-5-13(20)6-8-14)18(16)15-4-2-3-9-22-15/h2-9,16,18H,10-11H2,1H3/t16?,18-/m1/s1. The number of benzene rings is 1. The Labute approximate surface area is 144 Å². The number of aliphatic imine (C=N–C) groups is 2. The van der Waals surface area contributed by atoms with Gasteiger partial charge in [-0.1, -0.05) is 6.07 Å². The highest BCUT2D eigenvalue weighted by Gasteiger charge is 2.49. The van der Waals surface area contributed by atoms with Gasteiger partial charge < -0.3 is 0 Å². The number of hydrogen-bond donors (Lipinski definition) is 0. The minimum absolute atomic E-state index is 0.163. The van der Waals surface area contributed by atoms with Gasteiger partial charge >= 0.3 is 0 Å². The molecule has 2 aliphatic rings. The molecule has 1 fully saturated rings. The molecule has 3 heterocycles. The lowest BCUT2D eigenvalue weighted by atomic mass is 9.91. The van der Waals surface area contributed by atoms with E-state index in [-0.39, 0.29) is 23.7 Å². The SMILES string of the molecule is CC1=NCCN=C2C(=O)N(c3ccc(F)cc3)[C@H](c3ccccn3)C12. The van der Waals surface area contributed by atoms with Crippen molar-refractivity contribution in [3.05, 3.63) is 60.2 Å². The van der Waals surface area contributed by atoms with Crippen molar-refractivity contribution in [1.29, 1.82) is 0 Å². The van der Waals surface area contributed by atoms with Crippen LogP contribution < -0.4 is 4.90 Å². The Morgan fingerprint density at radius 3 is 2.56 bits per heavy atom. The van der Waals surface area contributed by atoms with E-state index < -0.39 is 0 Å². The first-order chi connectivity index (χ1) is 12.2. The topological polar surface area (TPSA) is 57.9 Å². The van der Waals surface area contributed by atoms with Crippen LogP contribution >= 0.6 is 0 Å². The van der Waals surface area contributed by atoms with Crippen LogP contribution in [0.2, 0.25) is 0 Å². The Kier molecular flexibility index (Phi) is 3.87. The number of carbonyl (C=O) groups is 1. The number of hydrogen-bond acceptors (Lipinski definition) is 4. The number of amides is 1. The molecule has 5 nitrogen and oxygen atoms in total. The fourth-order valence-corrected chi connectivity index (χ4v) is 3.50. The second-order valence-electron chi connectivity index (χ2n) is 6.12. The molecule has 25 heavy (non-hydrogen) atoms. The third-order valence-corrected chi connectivity index (χ3v) is 4.62. The number of fused-ring (bicyclic) bond motifs is 1. The van der Waals surface area contributed by atoms with Crippen molar-refractivity contribution in [3.8, 4) is 0 Å². The van der Waals surface area contributed by atoms with Crippen molar-refractivity contribution in [2.45, 2.75) is 13.0 Å². The van der Waals surface area contributed by atoms with Gasteiger partial charge in [0.15, 0.2) is 0 Å². The van der Waals surface area contributed by atoms with Crippen LogP contribution in [0, 0.1) is 11.7 Å². The molecule has 0 aliphatic carbocycles.